The van der Waals surface area contributed by atoms with E-state index in [-0.39, 0.29) is 42.5 Å². The molecule has 0 radical (unpaired) electrons. The summed E-state index contributed by atoms with van der Waals surface area (Å²) in [5, 5.41) is 0. The van der Waals surface area contributed by atoms with Gasteiger partial charge >= 0.3 is 11.9 Å². The molecular formula is C50H60N4O5. The van der Waals surface area contributed by atoms with Crippen molar-refractivity contribution in [3.63, 3.8) is 0 Å². The predicted molar refractivity (Wildman–Crippen MR) is 238 cm³/mol. The molecule has 3 aliphatic rings. The van der Waals surface area contributed by atoms with E-state index < -0.39 is 11.9 Å². The van der Waals surface area contributed by atoms with Gasteiger partial charge in [0.25, 0.3) is 0 Å². The maximum Gasteiger partial charge on any atom is 0.321 e. The summed E-state index contributed by atoms with van der Waals surface area (Å²) >= 11 is 0. The standard InChI is InChI=1S/C50H60N4O5/c1-12-34-30(7)37-24-39-32(9)36(20-21-43(55)59-23-22-29(6)19-15-18-28(5)17-14-16-27(3)4)47(53-39)45-46(50(57)58-11)49(56)44-33(10)40(54-48(44)45)26-42-35(13-2)31(8)38(52-42)25-41(34)51-37/h12-13,16,18,22,24-26,31-32,36,46,51,54H,1,14-15,17,19-21,23H2,2-11H3/t31-,32+,36+,46-/m1/s1. The zero-order valence-corrected chi connectivity index (χ0v) is 36.5. The molecule has 2 N–H and O–H groups in total. The highest BCUT2D eigenvalue weighted by Gasteiger charge is 2.45. The number of Topliss-reactive ketones (excluding diaryl/α,β-unsaturated/α-hetero) is 1. The second-order valence-corrected chi connectivity index (χ2v) is 16.7. The van der Waals surface area contributed by atoms with Crippen LogP contribution in [0.1, 0.15) is 166 Å². The van der Waals surface area contributed by atoms with Crippen molar-refractivity contribution < 1.29 is 23.9 Å². The molecule has 0 unspecified atom stereocenters. The van der Waals surface area contributed by atoms with Gasteiger partial charge in [-0.2, -0.15) is 0 Å². The van der Waals surface area contributed by atoms with Crippen LogP contribution in [0.4, 0.5) is 0 Å². The normalized spacial score (nSPS) is 19.6. The highest BCUT2D eigenvalue weighted by Crippen LogP contribution is 2.48. The Labute approximate surface area is 348 Å². The van der Waals surface area contributed by atoms with E-state index in [1.54, 1.807) is 0 Å². The van der Waals surface area contributed by atoms with Crippen molar-refractivity contribution >= 4 is 51.4 Å². The minimum Gasteiger partial charge on any atom is -0.468 e. The average Bonchev–Trinajstić information content (AvgIpc) is 3.94. The van der Waals surface area contributed by atoms with E-state index in [4.69, 9.17) is 19.4 Å². The van der Waals surface area contributed by atoms with Crippen molar-refractivity contribution in [2.45, 2.75) is 125 Å². The summed E-state index contributed by atoms with van der Waals surface area (Å²) in [7, 11) is 1.30. The van der Waals surface area contributed by atoms with Gasteiger partial charge in [-0.1, -0.05) is 61.4 Å². The molecule has 6 rings (SSSR count). The van der Waals surface area contributed by atoms with Gasteiger partial charge in [-0.05, 0) is 122 Å². The zero-order chi connectivity index (χ0) is 42.7. The third-order valence-corrected chi connectivity index (χ3v) is 12.4. The molecule has 0 saturated heterocycles. The van der Waals surface area contributed by atoms with Crippen LogP contribution in [0.3, 0.4) is 0 Å². The molecule has 9 nitrogen and oxygen atoms in total. The van der Waals surface area contributed by atoms with E-state index >= 15 is 0 Å². The number of H-pyrrole nitrogens is 2. The molecule has 3 aromatic rings. The van der Waals surface area contributed by atoms with Crippen LogP contribution in [-0.4, -0.2) is 51.4 Å². The van der Waals surface area contributed by atoms with E-state index in [0.717, 1.165) is 81.6 Å². The Kier molecular flexibility index (Phi) is 13.2. The summed E-state index contributed by atoms with van der Waals surface area (Å²) in [6.45, 7) is 23.0. The molecule has 5 heterocycles. The van der Waals surface area contributed by atoms with Crippen molar-refractivity contribution in [3.05, 3.63) is 116 Å². The van der Waals surface area contributed by atoms with Gasteiger partial charge in [0.1, 0.15) is 12.5 Å². The first-order valence-electron chi connectivity index (χ1n) is 21.0. The van der Waals surface area contributed by atoms with Crippen LogP contribution in [-0.2, 0) is 19.1 Å². The van der Waals surface area contributed by atoms with Crippen molar-refractivity contribution in [3.8, 4) is 0 Å². The topological polar surface area (TPSA) is 127 Å². The lowest BCUT2D eigenvalue weighted by atomic mass is 9.84. The minimum atomic E-state index is -1.19. The number of hydrogen-bond acceptors (Lipinski definition) is 7. The maximum atomic E-state index is 14.3. The summed E-state index contributed by atoms with van der Waals surface area (Å²) in [5.74, 6) is -2.88. The summed E-state index contributed by atoms with van der Waals surface area (Å²) in [4.78, 5) is 58.7. The monoisotopic (exact) mass is 796 g/mol. The number of esters is 2. The van der Waals surface area contributed by atoms with Gasteiger partial charge in [0.05, 0.1) is 29.7 Å². The van der Waals surface area contributed by atoms with Gasteiger partial charge < -0.3 is 19.4 Å². The third kappa shape index (κ3) is 8.75. The summed E-state index contributed by atoms with van der Waals surface area (Å²) < 4.78 is 11.0. The first-order valence-corrected chi connectivity index (χ1v) is 21.0. The minimum absolute atomic E-state index is 0.0352. The predicted octanol–water partition coefficient (Wildman–Crippen LogP) is 11.9. The first-order chi connectivity index (χ1) is 28.2. The molecule has 1 aliphatic carbocycles. The number of aromatic amines is 2. The molecule has 0 aromatic carbocycles. The number of methoxy groups -OCH3 is 1. The molecular weight excluding hydrogens is 737 g/mol. The van der Waals surface area contributed by atoms with E-state index in [1.807, 2.05) is 38.1 Å². The van der Waals surface area contributed by atoms with Gasteiger partial charge in [0.2, 0.25) is 0 Å². The van der Waals surface area contributed by atoms with Crippen molar-refractivity contribution in [2.24, 2.45) is 0 Å². The van der Waals surface area contributed by atoms with Gasteiger partial charge in [0.15, 0.2) is 5.78 Å². The number of nitrogens with zero attached hydrogens (tertiary/aromatic N) is 2. The lowest BCUT2D eigenvalue weighted by Gasteiger charge is -2.18. The summed E-state index contributed by atoms with van der Waals surface area (Å²) in [6.07, 6.45) is 15.0. The van der Waals surface area contributed by atoms with Crippen LogP contribution in [0.5, 0.6) is 0 Å². The quantitative estimate of drug-likeness (QED) is 0.100. The van der Waals surface area contributed by atoms with Crippen LogP contribution in [0.25, 0.3) is 33.7 Å². The Morgan fingerprint density at radius 2 is 1.54 bits per heavy atom. The van der Waals surface area contributed by atoms with E-state index in [0.29, 0.717) is 28.8 Å². The second kappa shape index (κ2) is 18.1. The van der Waals surface area contributed by atoms with Crippen LogP contribution >= 0.6 is 0 Å². The summed E-state index contributed by atoms with van der Waals surface area (Å²) in [6, 6.07) is 6.12. The fourth-order valence-corrected chi connectivity index (χ4v) is 8.80. The number of fused-ring (bicyclic) bond motifs is 8. The smallest absolute Gasteiger partial charge is 0.321 e. The highest BCUT2D eigenvalue weighted by molar-refractivity contribution is 6.23. The molecule has 9 heteroatoms. The molecule has 8 bridgehead atoms. The SMILES string of the molecule is C=Cc1c(C)c2cc3nc(c4c5[nH]c(cc6nc(cc1[nH]2)[C@H](C)C6=CC)c(C)c5C(=O)[C@@H]4C(=O)OC)[C@@H](CCC(=O)OCC=C(C)CCC=C(C)CCC=C(C)C)[C@@H]3C. The molecule has 0 fully saturated rings. The Morgan fingerprint density at radius 1 is 0.864 bits per heavy atom. The molecule has 0 spiro atoms. The number of hydrogen-bond donors (Lipinski definition) is 2. The van der Waals surface area contributed by atoms with Crippen molar-refractivity contribution in [1.29, 1.82) is 0 Å². The molecule has 0 amide bonds. The molecule has 3 aromatic heterocycles. The Bertz CT molecular complexity index is 2480. The van der Waals surface area contributed by atoms with Crippen molar-refractivity contribution in [1.82, 2.24) is 19.9 Å². The molecule has 0 saturated carbocycles. The van der Waals surface area contributed by atoms with E-state index in [1.165, 1.54) is 23.8 Å². The van der Waals surface area contributed by atoms with E-state index in [9.17, 15) is 14.4 Å². The van der Waals surface area contributed by atoms with Crippen LogP contribution in [0.15, 0.2) is 65.8 Å². The fourth-order valence-electron chi connectivity index (χ4n) is 8.80. The third-order valence-electron chi connectivity index (χ3n) is 12.4. The number of aryl methyl sites for hydroxylation is 2. The Morgan fingerprint density at radius 3 is 2.22 bits per heavy atom. The van der Waals surface area contributed by atoms with Crippen LogP contribution in [0.2, 0.25) is 0 Å². The lowest BCUT2D eigenvalue weighted by Crippen LogP contribution is -2.21. The largest absolute Gasteiger partial charge is 0.468 e. The van der Waals surface area contributed by atoms with E-state index in [2.05, 4.69) is 89.3 Å². The van der Waals surface area contributed by atoms with Crippen LogP contribution < -0.4 is 0 Å². The average molecular weight is 797 g/mol. The molecule has 4 atom stereocenters. The summed E-state index contributed by atoms with van der Waals surface area (Å²) in [5.41, 5.74) is 14.9. The number of ether oxygens (including phenoxy) is 2. The van der Waals surface area contributed by atoms with Gasteiger partial charge in [-0.3, -0.25) is 24.4 Å². The fraction of sp³-hybridized carbons (Fsp3) is 0.420. The second-order valence-electron chi connectivity index (χ2n) is 16.7. The molecule has 2 aliphatic heterocycles. The van der Waals surface area contributed by atoms with Crippen molar-refractivity contribution in [2.75, 3.05) is 13.7 Å². The first kappa shape index (κ1) is 43.0. The zero-order valence-electron chi connectivity index (χ0n) is 36.5. The number of allylic oxidation sites excluding steroid dienone is 7. The molecule has 310 valence electrons. The Balaban J connectivity index is 1.38. The van der Waals surface area contributed by atoms with Crippen LogP contribution in [0, 0.1) is 13.8 Å². The number of ketones is 1. The number of carbonyl (C=O) groups excluding carboxylic acids is 3. The number of nitrogens with one attached hydrogen (secondary N) is 2. The van der Waals surface area contributed by atoms with Gasteiger partial charge in [0, 0.05) is 63.1 Å². The number of carbonyl (C=O) groups is 3. The Hall–Kier alpha value is -5.57. The number of aromatic nitrogens is 4. The lowest BCUT2D eigenvalue weighted by molar-refractivity contribution is -0.143. The van der Waals surface area contributed by atoms with Gasteiger partial charge in [-0.15, -0.1) is 0 Å². The molecule has 59 heavy (non-hydrogen) atoms. The maximum absolute atomic E-state index is 14.3. The van der Waals surface area contributed by atoms with Gasteiger partial charge in [-0.25, -0.2) is 0 Å². The number of rotatable bonds is 13. The highest BCUT2D eigenvalue weighted by atomic mass is 16.5.